The van der Waals surface area contributed by atoms with Gasteiger partial charge in [0, 0.05) is 0 Å². The van der Waals surface area contributed by atoms with Gasteiger partial charge in [-0.2, -0.15) is 63.1 Å². The minimum absolute atomic E-state index is 0.832. The van der Waals surface area contributed by atoms with Crippen LogP contribution in [0.5, 0.6) is 0 Å². The lowest BCUT2D eigenvalue weighted by Gasteiger charge is -2.34. The third kappa shape index (κ3) is 10.8. The van der Waals surface area contributed by atoms with Gasteiger partial charge in [-0.3, -0.25) is 0 Å². The third-order valence-corrected chi connectivity index (χ3v) is 7.31. The second-order valence-electron chi connectivity index (χ2n) is 8.07. The van der Waals surface area contributed by atoms with Gasteiger partial charge in [0.2, 0.25) is 0 Å². The van der Waals surface area contributed by atoms with Crippen LogP contribution in [0.3, 0.4) is 0 Å². The summed E-state index contributed by atoms with van der Waals surface area (Å²) in [4.78, 5) is 0. The molecule has 0 radical (unpaired) electrons. The van der Waals surface area contributed by atoms with E-state index < -0.39 is 0 Å². The van der Waals surface area contributed by atoms with Crippen LogP contribution < -0.4 is 0 Å². The average Bonchev–Trinajstić information content (AvgIpc) is 2.55. The van der Waals surface area contributed by atoms with Crippen LogP contribution in [-0.4, -0.2) is 28.8 Å². The van der Waals surface area contributed by atoms with E-state index in [9.17, 15) is 0 Å². The quantitative estimate of drug-likeness (QED) is 0.231. The van der Waals surface area contributed by atoms with Crippen molar-refractivity contribution in [1.82, 2.24) is 0 Å². The fourth-order valence-corrected chi connectivity index (χ4v) is 6.76. The van der Waals surface area contributed by atoms with Gasteiger partial charge >= 0.3 is 0 Å². The van der Waals surface area contributed by atoms with Crippen LogP contribution in [0.25, 0.3) is 0 Å². The van der Waals surface area contributed by atoms with Crippen LogP contribution in [0.2, 0.25) is 0 Å². The first-order valence-corrected chi connectivity index (χ1v) is 13.4. The molecule has 0 bridgehead atoms. The summed E-state index contributed by atoms with van der Waals surface area (Å²) in [5.41, 5.74) is 0. The fourth-order valence-electron chi connectivity index (χ4n) is 4.93. The molecule has 5 heteroatoms. The molecule has 0 aromatic rings. The van der Waals surface area contributed by atoms with Crippen LogP contribution >= 0.6 is 63.1 Å². The molecular formula is C20H40S5. The van der Waals surface area contributed by atoms with E-state index in [0.29, 0.717) is 0 Å². The molecule has 150 valence electrons. The molecule has 1 aliphatic carbocycles. The van der Waals surface area contributed by atoms with Crippen molar-refractivity contribution in [2.75, 3.05) is 28.8 Å². The van der Waals surface area contributed by atoms with Crippen molar-refractivity contribution in [3.8, 4) is 0 Å². The SMILES string of the molecule is SCCC1CC(CCS)CC(CCS)CC(CCS)CC(CCS)C1. The average molecular weight is 441 g/mol. The highest BCUT2D eigenvalue weighted by molar-refractivity contribution is 7.80. The maximum absolute atomic E-state index is 4.56. The Morgan fingerprint density at radius 2 is 0.520 bits per heavy atom. The number of thiol groups is 5. The topological polar surface area (TPSA) is 0 Å². The van der Waals surface area contributed by atoms with Gasteiger partial charge in [-0.25, -0.2) is 0 Å². The molecule has 0 saturated heterocycles. The highest BCUT2D eigenvalue weighted by atomic mass is 32.1. The van der Waals surface area contributed by atoms with Gasteiger partial charge in [0.15, 0.2) is 0 Å². The van der Waals surface area contributed by atoms with Crippen LogP contribution in [0.1, 0.15) is 64.2 Å². The van der Waals surface area contributed by atoms with E-state index >= 15 is 0 Å². The Balaban J connectivity index is 2.94. The molecule has 0 atom stereocenters. The van der Waals surface area contributed by atoms with Crippen LogP contribution in [0.4, 0.5) is 0 Å². The van der Waals surface area contributed by atoms with E-state index in [1.54, 1.807) is 0 Å². The molecule has 25 heavy (non-hydrogen) atoms. The molecule has 0 aromatic heterocycles. The molecule has 0 aliphatic heterocycles. The normalized spacial score (nSPS) is 31.8. The maximum atomic E-state index is 4.56. The third-order valence-electron chi connectivity index (χ3n) is 6.02. The van der Waals surface area contributed by atoms with Gasteiger partial charge in [-0.15, -0.1) is 0 Å². The fraction of sp³-hybridized carbons (Fsp3) is 1.00. The standard InChI is InChI=1S/C20H40S5/c21-6-1-16-11-17(2-7-22)13-19(4-9-24)15-20(5-10-25)14-18(12-16)3-8-23/h16-25H,1-15H2. The second kappa shape index (κ2) is 15.6. The zero-order valence-corrected chi connectivity index (χ0v) is 20.2. The van der Waals surface area contributed by atoms with E-state index in [1.165, 1.54) is 64.2 Å². The van der Waals surface area contributed by atoms with Gasteiger partial charge in [-0.05, 0) is 123 Å². The van der Waals surface area contributed by atoms with Crippen LogP contribution in [0.15, 0.2) is 0 Å². The van der Waals surface area contributed by atoms with Crippen LogP contribution in [0, 0.1) is 29.6 Å². The summed E-state index contributed by atoms with van der Waals surface area (Å²) in [7, 11) is 0. The first-order chi connectivity index (χ1) is 12.2. The zero-order chi connectivity index (χ0) is 18.5. The molecule has 1 fully saturated rings. The Morgan fingerprint density at radius 1 is 0.360 bits per heavy atom. The lowest BCUT2D eigenvalue weighted by molar-refractivity contribution is 0.185. The first-order valence-electron chi connectivity index (χ1n) is 10.2. The Kier molecular flexibility index (Phi) is 15.5. The van der Waals surface area contributed by atoms with Gasteiger partial charge in [0.25, 0.3) is 0 Å². The highest BCUT2D eigenvalue weighted by Crippen LogP contribution is 2.39. The van der Waals surface area contributed by atoms with Crippen molar-refractivity contribution in [3.05, 3.63) is 0 Å². The van der Waals surface area contributed by atoms with Crippen molar-refractivity contribution in [1.29, 1.82) is 0 Å². The highest BCUT2D eigenvalue weighted by Gasteiger charge is 2.28. The Hall–Kier alpha value is 1.75. The van der Waals surface area contributed by atoms with Crippen molar-refractivity contribution in [3.63, 3.8) is 0 Å². The summed E-state index contributed by atoms with van der Waals surface area (Å²) < 4.78 is 0. The first kappa shape index (κ1) is 24.8. The van der Waals surface area contributed by atoms with Gasteiger partial charge in [-0.1, -0.05) is 0 Å². The summed E-state index contributed by atoms with van der Waals surface area (Å²) >= 11 is 22.8. The summed E-state index contributed by atoms with van der Waals surface area (Å²) in [6.07, 6.45) is 13.2. The van der Waals surface area contributed by atoms with E-state index in [1.807, 2.05) is 0 Å². The molecule has 0 amide bonds. The molecular weight excluding hydrogens is 401 g/mol. The van der Waals surface area contributed by atoms with Crippen molar-refractivity contribution in [2.45, 2.75) is 64.2 Å². The second-order valence-corrected chi connectivity index (χ2v) is 10.3. The van der Waals surface area contributed by atoms with Crippen molar-refractivity contribution in [2.24, 2.45) is 29.6 Å². The molecule has 1 rings (SSSR count). The number of hydrogen-bond acceptors (Lipinski definition) is 5. The molecule has 0 unspecified atom stereocenters. The van der Waals surface area contributed by atoms with Crippen molar-refractivity contribution < 1.29 is 0 Å². The van der Waals surface area contributed by atoms with Crippen molar-refractivity contribution >= 4 is 63.1 Å². The maximum Gasteiger partial charge on any atom is -0.00953 e. The van der Waals surface area contributed by atoms with E-state index in [-0.39, 0.29) is 0 Å². The number of rotatable bonds is 10. The predicted octanol–water partition coefficient (Wildman–Crippen LogP) is 6.63. The van der Waals surface area contributed by atoms with E-state index in [4.69, 9.17) is 0 Å². The lowest BCUT2D eigenvalue weighted by atomic mass is 9.72. The van der Waals surface area contributed by atoms with Gasteiger partial charge < -0.3 is 0 Å². The minimum atomic E-state index is 0.832. The lowest BCUT2D eigenvalue weighted by Crippen LogP contribution is -2.24. The summed E-state index contributed by atoms with van der Waals surface area (Å²) in [5, 5.41) is 0. The summed E-state index contributed by atoms with van der Waals surface area (Å²) in [6, 6.07) is 0. The zero-order valence-electron chi connectivity index (χ0n) is 15.7. The van der Waals surface area contributed by atoms with Gasteiger partial charge in [0.1, 0.15) is 0 Å². The molecule has 1 aliphatic rings. The van der Waals surface area contributed by atoms with E-state index in [0.717, 1.165) is 58.4 Å². The summed E-state index contributed by atoms with van der Waals surface area (Å²) in [5.74, 6) is 9.26. The molecule has 1 saturated carbocycles. The largest absolute Gasteiger partial charge is 0.179 e. The summed E-state index contributed by atoms with van der Waals surface area (Å²) in [6.45, 7) is 0. The monoisotopic (exact) mass is 440 g/mol. The molecule has 0 heterocycles. The predicted molar refractivity (Wildman–Crippen MR) is 133 cm³/mol. The smallest absolute Gasteiger partial charge is 0.00953 e. The minimum Gasteiger partial charge on any atom is -0.179 e. The van der Waals surface area contributed by atoms with E-state index in [2.05, 4.69) is 63.1 Å². The van der Waals surface area contributed by atoms with Crippen LogP contribution in [-0.2, 0) is 0 Å². The molecule has 0 spiro atoms. The Labute approximate surface area is 184 Å². The molecule has 0 N–H and O–H groups in total. The van der Waals surface area contributed by atoms with Gasteiger partial charge in [0.05, 0.1) is 0 Å². The molecule has 0 aromatic carbocycles. The molecule has 0 nitrogen and oxygen atoms in total. The Morgan fingerprint density at radius 3 is 0.640 bits per heavy atom. The Bertz CT molecular complexity index is 233. The number of hydrogen-bond donors (Lipinski definition) is 5.